The number of carbonyl (C=O) groups excluding carboxylic acids is 2. The summed E-state index contributed by atoms with van der Waals surface area (Å²) in [4.78, 5) is 24.0. The largest absolute Gasteiger partial charge is 0.492 e. The number of carbonyl (C=O) groups is 2. The van der Waals surface area contributed by atoms with Crippen LogP contribution in [0.5, 0.6) is 5.75 Å². The molecule has 0 aliphatic heterocycles. The van der Waals surface area contributed by atoms with Crippen molar-refractivity contribution in [2.45, 2.75) is 62.1 Å². The molecule has 1 aromatic carbocycles. The van der Waals surface area contributed by atoms with E-state index in [1.54, 1.807) is 0 Å². The molecule has 10 heteroatoms. The Labute approximate surface area is 202 Å². The molecule has 2 unspecified atom stereocenters. The number of thiol groups is 2. The third-order valence-electron chi connectivity index (χ3n) is 5.07. The number of rotatable bonds is 17. The molecule has 0 saturated carbocycles. The highest BCUT2D eigenvalue weighted by molar-refractivity contribution is 7.79. The molecular weight excluding hydrogens is 446 g/mol. The molecule has 0 radical (unpaired) electrons. The molecule has 2 amide bonds. The van der Waals surface area contributed by atoms with Crippen molar-refractivity contribution in [2.75, 3.05) is 26.2 Å². The number of amides is 2. The minimum Gasteiger partial charge on any atom is -0.492 e. The van der Waals surface area contributed by atoms with Gasteiger partial charge in [-0.3, -0.25) is 9.59 Å². The maximum atomic E-state index is 12.1. The molecule has 0 aliphatic rings. The van der Waals surface area contributed by atoms with E-state index in [-0.39, 0.29) is 11.8 Å². The fourth-order valence-corrected chi connectivity index (χ4v) is 3.67. The second-order valence-corrected chi connectivity index (χ2v) is 8.30. The molecule has 0 saturated heterocycles. The number of hydrogen-bond donors (Lipinski definition) is 7. The Kier molecular flexibility index (Phi) is 15.2. The molecule has 8 N–H and O–H groups in total. The molecule has 1 rings (SSSR count). The van der Waals surface area contributed by atoms with Crippen LogP contribution in [0.3, 0.4) is 0 Å². The van der Waals surface area contributed by atoms with Crippen LogP contribution in [-0.4, -0.2) is 50.1 Å². The zero-order valence-electron chi connectivity index (χ0n) is 18.7. The normalized spacial score (nSPS) is 12.8. The third-order valence-corrected chi connectivity index (χ3v) is 5.75. The van der Waals surface area contributed by atoms with Crippen molar-refractivity contribution in [1.29, 1.82) is 0 Å². The molecule has 0 aliphatic carbocycles. The van der Waals surface area contributed by atoms with Crippen LogP contribution in [0.4, 0.5) is 0 Å². The SMILES string of the molecule is NCCCCC(N)C(=O)NCCCCC(N)C(=O)NCCOc1ccc(CS)c(CS)c1. The monoisotopic (exact) mass is 485 g/mol. The molecule has 0 bridgehead atoms. The smallest absolute Gasteiger partial charge is 0.237 e. The maximum Gasteiger partial charge on any atom is 0.237 e. The van der Waals surface area contributed by atoms with Gasteiger partial charge in [0, 0.05) is 18.1 Å². The number of benzene rings is 1. The fourth-order valence-electron chi connectivity index (χ4n) is 3.07. The summed E-state index contributed by atoms with van der Waals surface area (Å²) in [7, 11) is 0. The summed E-state index contributed by atoms with van der Waals surface area (Å²) in [5.41, 5.74) is 19.4. The summed E-state index contributed by atoms with van der Waals surface area (Å²) in [6.07, 6.45) is 4.36. The molecule has 8 nitrogen and oxygen atoms in total. The molecule has 1 aromatic rings. The van der Waals surface area contributed by atoms with Crippen molar-refractivity contribution in [3.63, 3.8) is 0 Å². The van der Waals surface area contributed by atoms with Gasteiger partial charge in [0.1, 0.15) is 12.4 Å². The first-order valence-corrected chi connectivity index (χ1v) is 12.4. The summed E-state index contributed by atoms with van der Waals surface area (Å²) in [5.74, 6) is 1.65. The van der Waals surface area contributed by atoms with E-state index >= 15 is 0 Å². The van der Waals surface area contributed by atoms with E-state index in [2.05, 4.69) is 35.9 Å². The highest BCUT2D eigenvalue weighted by Gasteiger charge is 2.14. The molecule has 182 valence electrons. The first-order valence-electron chi connectivity index (χ1n) is 11.2. The zero-order chi connectivity index (χ0) is 23.8. The zero-order valence-corrected chi connectivity index (χ0v) is 20.5. The van der Waals surface area contributed by atoms with Crippen molar-refractivity contribution < 1.29 is 14.3 Å². The van der Waals surface area contributed by atoms with Crippen molar-refractivity contribution in [1.82, 2.24) is 10.6 Å². The second-order valence-electron chi connectivity index (χ2n) is 7.67. The number of nitrogens with two attached hydrogens (primary N) is 3. The van der Waals surface area contributed by atoms with E-state index in [0.717, 1.165) is 42.6 Å². The molecule has 0 spiro atoms. The Morgan fingerprint density at radius 2 is 1.47 bits per heavy atom. The van der Waals surface area contributed by atoms with Crippen LogP contribution < -0.4 is 32.6 Å². The first kappa shape index (κ1) is 28.6. The molecule has 32 heavy (non-hydrogen) atoms. The van der Waals surface area contributed by atoms with Gasteiger partial charge in [-0.1, -0.05) is 12.5 Å². The number of nitrogens with one attached hydrogen (secondary N) is 2. The molecule has 2 atom stereocenters. The van der Waals surface area contributed by atoms with Crippen molar-refractivity contribution in [3.8, 4) is 5.75 Å². The van der Waals surface area contributed by atoms with E-state index < -0.39 is 12.1 Å². The lowest BCUT2D eigenvalue weighted by Gasteiger charge is -2.14. The number of ether oxygens (including phenoxy) is 1. The van der Waals surface area contributed by atoms with Crippen LogP contribution in [0.25, 0.3) is 0 Å². The third kappa shape index (κ3) is 11.4. The van der Waals surface area contributed by atoms with Gasteiger partial charge in [0.05, 0.1) is 18.6 Å². The number of hydrogen-bond acceptors (Lipinski definition) is 8. The first-order chi connectivity index (χ1) is 15.4. The highest BCUT2D eigenvalue weighted by Crippen LogP contribution is 2.20. The quantitative estimate of drug-likeness (QED) is 0.130. The minimum atomic E-state index is -0.588. The van der Waals surface area contributed by atoms with Crippen LogP contribution in [0, 0.1) is 0 Å². The molecule has 0 fully saturated rings. The van der Waals surface area contributed by atoms with Gasteiger partial charge in [0.2, 0.25) is 11.8 Å². The maximum absolute atomic E-state index is 12.1. The van der Waals surface area contributed by atoms with Gasteiger partial charge in [-0.25, -0.2) is 0 Å². The van der Waals surface area contributed by atoms with Gasteiger partial charge in [0.25, 0.3) is 0 Å². The summed E-state index contributed by atoms with van der Waals surface area (Å²) < 4.78 is 5.69. The van der Waals surface area contributed by atoms with Crippen LogP contribution in [-0.2, 0) is 21.1 Å². The van der Waals surface area contributed by atoms with Gasteiger partial charge >= 0.3 is 0 Å². The van der Waals surface area contributed by atoms with Gasteiger partial charge in [-0.15, -0.1) is 0 Å². The Hall–Kier alpha value is -1.46. The van der Waals surface area contributed by atoms with Crippen molar-refractivity contribution in [3.05, 3.63) is 29.3 Å². The Bertz CT molecular complexity index is 694. The summed E-state index contributed by atoms with van der Waals surface area (Å²) >= 11 is 8.63. The van der Waals surface area contributed by atoms with Crippen LogP contribution >= 0.6 is 25.3 Å². The predicted octanol–water partition coefficient (Wildman–Crippen LogP) is 1.11. The van der Waals surface area contributed by atoms with Crippen LogP contribution in [0.2, 0.25) is 0 Å². The summed E-state index contributed by atoms with van der Waals surface area (Å²) in [5, 5.41) is 5.61. The summed E-state index contributed by atoms with van der Waals surface area (Å²) in [6, 6.07) is 4.72. The van der Waals surface area contributed by atoms with E-state index in [1.165, 1.54) is 0 Å². The van der Waals surface area contributed by atoms with Crippen molar-refractivity contribution in [2.24, 2.45) is 17.2 Å². The lowest BCUT2D eigenvalue weighted by molar-refractivity contribution is -0.123. The molecule has 0 aromatic heterocycles. The van der Waals surface area contributed by atoms with Crippen molar-refractivity contribution >= 4 is 37.1 Å². The predicted molar refractivity (Wildman–Crippen MR) is 136 cm³/mol. The second kappa shape index (κ2) is 17.1. The Morgan fingerprint density at radius 3 is 2.06 bits per heavy atom. The summed E-state index contributed by atoms with van der Waals surface area (Å²) in [6.45, 7) is 1.85. The standard InChI is InChI=1S/C22H39N5O3S2/c23-9-3-1-5-19(24)21(28)26-10-4-2-6-20(25)22(29)27-11-12-30-18-8-7-16(14-31)17(13-18)15-32/h7-8,13,19-20,31-32H,1-6,9-12,14-15,23-25H2,(H,26,28)(H,27,29). The lowest BCUT2D eigenvalue weighted by atomic mass is 10.1. The highest BCUT2D eigenvalue weighted by atomic mass is 32.1. The van der Waals surface area contributed by atoms with E-state index in [4.69, 9.17) is 21.9 Å². The van der Waals surface area contributed by atoms with Crippen LogP contribution in [0.15, 0.2) is 18.2 Å². The minimum absolute atomic E-state index is 0.147. The Morgan fingerprint density at radius 1 is 0.875 bits per heavy atom. The number of unbranched alkanes of at least 4 members (excludes halogenated alkanes) is 2. The molecular formula is C22H39N5O3S2. The van der Waals surface area contributed by atoms with E-state index in [9.17, 15) is 9.59 Å². The van der Waals surface area contributed by atoms with Crippen LogP contribution in [0.1, 0.15) is 49.7 Å². The average molecular weight is 486 g/mol. The van der Waals surface area contributed by atoms with Gasteiger partial charge < -0.3 is 32.6 Å². The molecule has 0 heterocycles. The van der Waals surface area contributed by atoms with E-state index in [1.807, 2.05) is 18.2 Å². The van der Waals surface area contributed by atoms with E-state index in [0.29, 0.717) is 50.6 Å². The lowest BCUT2D eigenvalue weighted by Crippen LogP contribution is -2.42. The van der Waals surface area contributed by atoms with Gasteiger partial charge in [0.15, 0.2) is 0 Å². The van der Waals surface area contributed by atoms with Gasteiger partial charge in [-0.2, -0.15) is 25.3 Å². The average Bonchev–Trinajstić information content (AvgIpc) is 2.80. The Balaban J connectivity index is 2.15. The fraction of sp³-hybridized carbons (Fsp3) is 0.636. The van der Waals surface area contributed by atoms with Gasteiger partial charge in [-0.05, 0) is 61.9 Å². The topological polar surface area (TPSA) is 145 Å².